The number of hydrogen-bond acceptors (Lipinski definition) is 3. The van der Waals surface area contributed by atoms with Crippen LogP contribution < -0.4 is 0 Å². The molecule has 2 fully saturated rings. The van der Waals surface area contributed by atoms with Gasteiger partial charge in [0.25, 0.3) is 0 Å². The second-order valence-corrected chi connectivity index (χ2v) is 6.46. The molecule has 21 heavy (non-hydrogen) atoms. The second kappa shape index (κ2) is 7.11. The van der Waals surface area contributed by atoms with Gasteiger partial charge in [0.2, 0.25) is 0 Å². The third-order valence-electron chi connectivity index (χ3n) is 4.84. The highest BCUT2D eigenvalue weighted by molar-refractivity contribution is 5.74. The normalized spacial score (nSPS) is 27.4. The molecule has 1 aliphatic carbocycles. The first kappa shape index (κ1) is 16.1. The smallest absolute Gasteiger partial charge is 0.320 e. The molecule has 2 amide bonds. The van der Waals surface area contributed by atoms with Crippen molar-refractivity contribution in [3.63, 3.8) is 0 Å². The van der Waals surface area contributed by atoms with Crippen molar-refractivity contribution in [3.05, 3.63) is 0 Å². The molecule has 1 aliphatic heterocycles. The molecule has 1 heterocycles. The quantitative estimate of drug-likeness (QED) is 0.853. The lowest BCUT2D eigenvalue weighted by atomic mass is 9.87. The molecule has 1 saturated carbocycles. The molecule has 0 aromatic carbocycles. The first-order valence-corrected chi connectivity index (χ1v) is 7.93. The second-order valence-electron chi connectivity index (χ2n) is 6.46. The van der Waals surface area contributed by atoms with Gasteiger partial charge >= 0.3 is 12.0 Å². The molecule has 120 valence electrons. The molecule has 0 unspecified atom stereocenters. The molecule has 2 aliphatic rings. The van der Waals surface area contributed by atoms with Crippen LogP contribution in [0.3, 0.4) is 0 Å². The number of piperazine rings is 1. The number of amides is 2. The minimum atomic E-state index is -0.803. The number of aliphatic carboxylic acids is 1. The van der Waals surface area contributed by atoms with E-state index in [9.17, 15) is 9.59 Å². The minimum absolute atomic E-state index is 0.0678. The summed E-state index contributed by atoms with van der Waals surface area (Å²) in [7, 11) is 1.91. The van der Waals surface area contributed by atoms with Crippen molar-refractivity contribution in [1.29, 1.82) is 0 Å². The van der Waals surface area contributed by atoms with Crippen molar-refractivity contribution in [3.8, 4) is 0 Å². The fourth-order valence-electron chi connectivity index (χ4n) is 3.30. The number of hydrogen-bond donors (Lipinski definition) is 1. The Hall–Kier alpha value is -1.30. The summed E-state index contributed by atoms with van der Waals surface area (Å²) in [4.78, 5) is 28.9. The van der Waals surface area contributed by atoms with Gasteiger partial charge in [-0.05, 0) is 31.6 Å². The van der Waals surface area contributed by atoms with Gasteiger partial charge in [-0.3, -0.25) is 9.69 Å². The Morgan fingerprint density at radius 1 is 1.10 bits per heavy atom. The summed E-state index contributed by atoms with van der Waals surface area (Å²) in [6, 6.07) is 0.468. The SMILES string of the molecule is CC1CCC(N(C)C(=O)N2CCN(CC(=O)O)CC2)CC1. The summed E-state index contributed by atoms with van der Waals surface area (Å²) < 4.78 is 0. The van der Waals surface area contributed by atoms with E-state index in [0.29, 0.717) is 32.2 Å². The van der Waals surface area contributed by atoms with Gasteiger partial charge in [-0.2, -0.15) is 0 Å². The largest absolute Gasteiger partial charge is 0.480 e. The Bertz CT molecular complexity index is 372. The summed E-state index contributed by atoms with van der Waals surface area (Å²) in [6.07, 6.45) is 4.61. The minimum Gasteiger partial charge on any atom is -0.480 e. The number of carboxylic acids is 1. The number of carboxylic acid groups (broad SMARTS) is 1. The van der Waals surface area contributed by atoms with Crippen molar-refractivity contribution in [1.82, 2.24) is 14.7 Å². The maximum atomic E-state index is 12.5. The van der Waals surface area contributed by atoms with Gasteiger partial charge in [-0.25, -0.2) is 4.79 Å². The highest BCUT2D eigenvalue weighted by Crippen LogP contribution is 2.27. The lowest BCUT2D eigenvalue weighted by Gasteiger charge is -2.40. The summed E-state index contributed by atoms with van der Waals surface area (Å²) in [5, 5.41) is 8.79. The third-order valence-corrected chi connectivity index (χ3v) is 4.84. The topological polar surface area (TPSA) is 64.1 Å². The zero-order valence-corrected chi connectivity index (χ0v) is 13.1. The fourth-order valence-corrected chi connectivity index (χ4v) is 3.30. The number of carbonyl (C=O) groups is 2. The van der Waals surface area contributed by atoms with Crippen molar-refractivity contribution in [2.24, 2.45) is 5.92 Å². The maximum Gasteiger partial charge on any atom is 0.320 e. The Morgan fingerprint density at radius 2 is 1.67 bits per heavy atom. The van der Waals surface area contributed by atoms with Crippen LogP contribution in [0, 0.1) is 5.92 Å². The molecule has 2 rings (SSSR count). The molecule has 0 radical (unpaired) electrons. The number of nitrogens with zero attached hydrogens (tertiary/aromatic N) is 3. The average Bonchev–Trinajstić information content (AvgIpc) is 2.47. The summed E-state index contributed by atoms with van der Waals surface area (Å²) >= 11 is 0. The highest BCUT2D eigenvalue weighted by atomic mass is 16.4. The molecule has 1 saturated heterocycles. The van der Waals surface area contributed by atoms with Crippen LogP contribution in [0.1, 0.15) is 32.6 Å². The molecule has 0 aromatic rings. The van der Waals surface area contributed by atoms with Gasteiger partial charge in [0, 0.05) is 39.3 Å². The van der Waals surface area contributed by atoms with Crippen molar-refractivity contribution >= 4 is 12.0 Å². The Labute approximate surface area is 126 Å². The standard InChI is InChI=1S/C15H27N3O3/c1-12-3-5-13(6-4-12)16(2)15(21)18-9-7-17(8-10-18)11-14(19)20/h12-13H,3-11H2,1-2H3,(H,19,20). The summed E-state index contributed by atoms with van der Waals surface area (Å²) in [5.41, 5.74) is 0. The monoisotopic (exact) mass is 297 g/mol. The van der Waals surface area contributed by atoms with E-state index >= 15 is 0 Å². The van der Waals surface area contributed by atoms with Crippen LogP contribution >= 0.6 is 0 Å². The molecule has 6 nitrogen and oxygen atoms in total. The van der Waals surface area contributed by atoms with Crippen molar-refractivity contribution < 1.29 is 14.7 Å². The molecule has 0 bridgehead atoms. The summed E-state index contributed by atoms with van der Waals surface area (Å²) in [5.74, 6) is -0.0208. The van der Waals surface area contributed by atoms with E-state index in [1.807, 2.05) is 21.7 Å². The van der Waals surface area contributed by atoms with E-state index in [0.717, 1.165) is 18.8 Å². The van der Waals surface area contributed by atoms with E-state index in [1.54, 1.807) is 0 Å². The van der Waals surface area contributed by atoms with E-state index in [-0.39, 0.29) is 12.6 Å². The lowest BCUT2D eigenvalue weighted by molar-refractivity contribution is -0.138. The van der Waals surface area contributed by atoms with Gasteiger partial charge in [0.1, 0.15) is 0 Å². The first-order valence-electron chi connectivity index (χ1n) is 7.93. The van der Waals surface area contributed by atoms with Crippen LogP contribution in [0.5, 0.6) is 0 Å². The zero-order valence-electron chi connectivity index (χ0n) is 13.1. The van der Waals surface area contributed by atoms with Crippen LogP contribution in [0.4, 0.5) is 4.79 Å². The Balaban J connectivity index is 1.79. The van der Waals surface area contributed by atoms with E-state index < -0.39 is 5.97 Å². The van der Waals surface area contributed by atoms with Gasteiger partial charge < -0.3 is 14.9 Å². The van der Waals surface area contributed by atoms with Crippen LogP contribution in [-0.4, -0.2) is 77.6 Å². The predicted molar refractivity (Wildman–Crippen MR) is 80.2 cm³/mol. The molecule has 6 heteroatoms. The van der Waals surface area contributed by atoms with Crippen LogP contribution in [0.15, 0.2) is 0 Å². The van der Waals surface area contributed by atoms with E-state index in [4.69, 9.17) is 5.11 Å². The molecular formula is C15H27N3O3. The average molecular weight is 297 g/mol. The molecule has 1 N–H and O–H groups in total. The Morgan fingerprint density at radius 3 is 2.19 bits per heavy atom. The number of rotatable bonds is 3. The third kappa shape index (κ3) is 4.33. The Kier molecular flexibility index (Phi) is 5.45. The van der Waals surface area contributed by atoms with Crippen LogP contribution in [0.2, 0.25) is 0 Å². The van der Waals surface area contributed by atoms with Gasteiger partial charge in [-0.1, -0.05) is 6.92 Å². The zero-order chi connectivity index (χ0) is 15.4. The highest BCUT2D eigenvalue weighted by Gasteiger charge is 2.29. The van der Waals surface area contributed by atoms with Crippen molar-refractivity contribution in [2.75, 3.05) is 39.8 Å². The van der Waals surface area contributed by atoms with E-state index in [1.165, 1.54) is 12.8 Å². The number of carbonyl (C=O) groups excluding carboxylic acids is 1. The summed E-state index contributed by atoms with van der Waals surface area (Å²) in [6.45, 7) is 4.89. The van der Waals surface area contributed by atoms with Crippen molar-refractivity contribution in [2.45, 2.75) is 38.6 Å². The molecular weight excluding hydrogens is 270 g/mol. The predicted octanol–water partition coefficient (Wildman–Crippen LogP) is 1.32. The van der Waals surface area contributed by atoms with Gasteiger partial charge in [-0.15, -0.1) is 0 Å². The number of urea groups is 1. The van der Waals surface area contributed by atoms with Gasteiger partial charge in [0.05, 0.1) is 6.54 Å². The molecule has 0 atom stereocenters. The fraction of sp³-hybridized carbons (Fsp3) is 0.867. The molecule has 0 aromatic heterocycles. The van der Waals surface area contributed by atoms with Crippen LogP contribution in [-0.2, 0) is 4.79 Å². The van der Waals surface area contributed by atoms with Gasteiger partial charge in [0.15, 0.2) is 0 Å². The van der Waals surface area contributed by atoms with E-state index in [2.05, 4.69) is 6.92 Å². The van der Waals surface area contributed by atoms with Crippen LogP contribution in [0.25, 0.3) is 0 Å². The maximum absolute atomic E-state index is 12.5. The molecule has 0 spiro atoms. The lowest BCUT2D eigenvalue weighted by Crippen LogP contribution is -2.54. The first-order chi connectivity index (χ1) is 9.97.